The Balaban J connectivity index is 1.54. The summed E-state index contributed by atoms with van der Waals surface area (Å²) >= 11 is 0. The molecule has 0 spiro atoms. The van der Waals surface area contributed by atoms with Crippen molar-refractivity contribution < 1.29 is 23.8 Å². The van der Waals surface area contributed by atoms with Crippen LogP contribution in [0, 0.1) is 5.82 Å². The minimum absolute atomic E-state index is 0.114. The van der Waals surface area contributed by atoms with Gasteiger partial charge in [-0.2, -0.15) is 0 Å². The SMILES string of the molecule is O=C(NC[C@@H](O)c1ccccc1F)Nc1ccc2c(c1)OCO2. The summed E-state index contributed by atoms with van der Waals surface area (Å²) in [4.78, 5) is 11.8. The summed E-state index contributed by atoms with van der Waals surface area (Å²) in [5.74, 6) is 0.651. The molecule has 7 heteroatoms. The van der Waals surface area contributed by atoms with E-state index in [0.29, 0.717) is 17.2 Å². The number of aliphatic hydroxyl groups excluding tert-OH is 1. The molecule has 23 heavy (non-hydrogen) atoms. The van der Waals surface area contributed by atoms with Gasteiger partial charge in [0.2, 0.25) is 6.79 Å². The normalized spacial score (nSPS) is 13.5. The van der Waals surface area contributed by atoms with Crippen molar-refractivity contribution in [2.24, 2.45) is 0 Å². The molecule has 0 saturated heterocycles. The van der Waals surface area contributed by atoms with Crippen molar-refractivity contribution in [2.45, 2.75) is 6.10 Å². The lowest BCUT2D eigenvalue weighted by Gasteiger charge is -2.13. The third kappa shape index (κ3) is 3.51. The van der Waals surface area contributed by atoms with E-state index in [1.165, 1.54) is 18.2 Å². The molecule has 0 aliphatic carbocycles. The smallest absolute Gasteiger partial charge is 0.319 e. The van der Waals surface area contributed by atoms with Crippen molar-refractivity contribution in [3.8, 4) is 11.5 Å². The second kappa shape index (κ2) is 6.53. The van der Waals surface area contributed by atoms with Crippen molar-refractivity contribution in [1.82, 2.24) is 5.32 Å². The number of hydrogen-bond donors (Lipinski definition) is 3. The van der Waals surface area contributed by atoms with Crippen LogP contribution in [0.2, 0.25) is 0 Å². The number of rotatable bonds is 4. The first-order valence-corrected chi connectivity index (χ1v) is 7.00. The van der Waals surface area contributed by atoms with Crippen LogP contribution in [0.25, 0.3) is 0 Å². The fourth-order valence-electron chi connectivity index (χ4n) is 2.19. The highest BCUT2D eigenvalue weighted by molar-refractivity contribution is 5.89. The van der Waals surface area contributed by atoms with Crippen molar-refractivity contribution in [3.63, 3.8) is 0 Å². The predicted molar refractivity (Wildman–Crippen MR) is 80.9 cm³/mol. The molecule has 2 aromatic rings. The Morgan fingerprint density at radius 1 is 1.22 bits per heavy atom. The van der Waals surface area contributed by atoms with E-state index in [9.17, 15) is 14.3 Å². The van der Waals surface area contributed by atoms with Crippen LogP contribution in [0.1, 0.15) is 11.7 Å². The molecule has 0 saturated carbocycles. The van der Waals surface area contributed by atoms with Crippen LogP contribution >= 0.6 is 0 Å². The van der Waals surface area contributed by atoms with Crippen LogP contribution in [0.15, 0.2) is 42.5 Å². The Kier molecular flexibility index (Phi) is 4.29. The molecule has 0 bridgehead atoms. The Morgan fingerprint density at radius 3 is 2.83 bits per heavy atom. The number of aliphatic hydroxyl groups is 1. The van der Waals surface area contributed by atoms with E-state index >= 15 is 0 Å². The Bertz CT molecular complexity index is 723. The number of amides is 2. The van der Waals surface area contributed by atoms with E-state index in [1.807, 2.05) is 0 Å². The molecule has 1 aliphatic heterocycles. The molecule has 2 amide bonds. The fourth-order valence-corrected chi connectivity index (χ4v) is 2.19. The fraction of sp³-hybridized carbons (Fsp3) is 0.188. The van der Waals surface area contributed by atoms with E-state index in [2.05, 4.69) is 10.6 Å². The van der Waals surface area contributed by atoms with Crippen molar-refractivity contribution >= 4 is 11.7 Å². The predicted octanol–water partition coefficient (Wildman–Crippen LogP) is 2.41. The van der Waals surface area contributed by atoms with E-state index in [1.54, 1.807) is 24.3 Å². The zero-order chi connectivity index (χ0) is 16.2. The molecule has 3 rings (SSSR count). The largest absolute Gasteiger partial charge is 0.454 e. The molecule has 1 aliphatic rings. The standard InChI is InChI=1S/C16H15FN2O4/c17-12-4-2-1-3-11(12)13(20)8-18-16(21)19-10-5-6-14-15(7-10)23-9-22-14/h1-7,13,20H,8-9H2,(H2,18,19,21)/t13-/m1/s1. The number of benzene rings is 2. The summed E-state index contributed by atoms with van der Waals surface area (Å²) in [7, 11) is 0. The summed E-state index contributed by atoms with van der Waals surface area (Å²) in [5, 5.41) is 15.0. The maximum Gasteiger partial charge on any atom is 0.319 e. The lowest BCUT2D eigenvalue weighted by atomic mass is 10.1. The van der Waals surface area contributed by atoms with Gasteiger partial charge < -0.3 is 25.2 Å². The van der Waals surface area contributed by atoms with Gasteiger partial charge in [0.05, 0.1) is 6.10 Å². The molecule has 1 heterocycles. The number of anilines is 1. The first kappa shape index (κ1) is 15.1. The Hall–Kier alpha value is -2.80. The highest BCUT2D eigenvalue weighted by atomic mass is 19.1. The summed E-state index contributed by atoms with van der Waals surface area (Å²) in [5.41, 5.74) is 0.656. The van der Waals surface area contributed by atoms with Crippen LogP contribution in [-0.2, 0) is 0 Å². The Labute approximate surface area is 131 Å². The number of fused-ring (bicyclic) bond motifs is 1. The number of ether oxygens (including phenoxy) is 2. The van der Waals surface area contributed by atoms with Gasteiger partial charge in [0.15, 0.2) is 11.5 Å². The molecule has 120 valence electrons. The second-order valence-corrected chi connectivity index (χ2v) is 4.94. The van der Waals surface area contributed by atoms with Crippen molar-refractivity contribution in [1.29, 1.82) is 0 Å². The summed E-state index contributed by atoms with van der Waals surface area (Å²) in [6, 6.07) is 10.4. The molecule has 0 unspecified atom stereocenters. The minimum atomic E-state index is -1.13. The zero-order valence-corrected chi connectivity index (χ0v) is 12.1. The number of urea groups is 1. The number of halogens is 1. The third-order valence-electron chi connectivity index (χ3n) is 3.35. The van der Waals surface area contributed by atoms with Crippen LogP contribution in [-0.4, -0.2) is 24.5 Å². The van der Waals surface area contributed by atoms with Gasteiger partial charge in [-0.3, -0.25) is 0 Å². The van der Waals surface area contributed by atoms with Gasteiger partial charge in [0.25, 0.3) is 0 Å². The summed E-state index contributed by atoms with van der Waals surface area (Å²) in [6.07, 6.45) is -1.13. The van der Waals surface area contributed by atoms with Crippen LogP contribution < -0.4 is 20.1 Å². The van der Waals surface area contributed by atoms with Crippen molar-refractivity contribution in [2.75, 3.05) is 18.7 Å². The van der Waals surface area contributed by atoms with E-state index in [-0.39, 0.29) is 18.9 Å². The number of hydrogen-bond acceptors (Lipinski definition) is 4. The van der Waals surface area contributed by atoms with Gasteiger partial charge in [-0.1, -0.05) is 18.2 Å². The molecule has 2 aromatic carbocycles. The summed E-state index contributed by atoms with van der Waals surface area (Å²) < 4.78 is 23.9. The molecule has 3 N–H and O–H groups in total. The number of nitrogens with one attached hydrogen (secondary N) is 2. The lowest BCUT2D eigenvalue weighted by Crippen LogP contribution is -2.32. The average molecular weight is 318 g/mol. The molecule has 0 fully saturated rings. The maximum absolute atomic E-state index is 13.5. The maximum atomic E-state index is 13.5. The van der Waals surface area contributed by atoms with Gasteiger partial charge in [0.1, 0.15) is 5.82 Å². The molecule has 1 atom stereocenters. The first-order chi connectivity index (χ1) is 11.1. The minimum Gasteiger partial charge on any atom is -0.454 e. The van der Waals surface area contributed by atoms with Gasteiger partial charge in [-0.15, -0.1) is 0 Å². The molecule has 0 aromatic heterocycles. The highest BCUT2D eigenvalue weighted by Gasteiger charge is 2.15. The second-order valence-electron chi connectivity index (χ2n) is 4.94. The summed E-state index contributed by atoms with van der Waals surface area (Å²) in [6.45, 7) is 0.0388. The zero-order valence-electron chi connectivity index (χ0n) is 12.1. The van der Waals surface area contributed by atoms with Crippen LogP contribution in [0.3, 0.4) is 0 Å². The first-order valence-electron chi connectivity index (χ1n) is 7.00. The van der Waals surface area contributed by atoms with E-state index < -0.39 is 18.0 Å². The van der Waals surface area contributed by atoms with Crippen molar-refractivity contribution in [3.05, 3.63) is 53.8 Å². The lowest BCUT2D eigenvalue weighted by molar-refractivity contribution is 0.170. The quantitative estimate of drug-likeness (QED) is 0.809. The highest BCUT2D eigenvalue weighted by Crippen LogP contribution is 2.34. The van der Waals surface area contributed by atoms with Crippen LogP contribution in [0.5, 0.6) is 11.5 Å². The number of carbonyl (C=O) groups excluding carboxylic acids is 1. The topological polar surface area (TPSA) is 79.8 Å². The molecular formula is C16H15FN2O4. The third-order valence-corrected chi connectivity index (χ3v) is 3.35. The number of carbonyl (C=O) groups is 1. The van der Waals surface area contributed by atoms with Gasteiger partial charge in [-0.25, -0.2) is 9.18 Å². The average Bonchev–Trinajstić information content (AvgIpc) is 3.01. The van der Waals surface area contributed by atoms with Gasteiger partial charge >= 0.3 is 6.03 Å². The molecule has 6 nitrogen and oxygen atoms in total. The van der Waals surface area contributed by atoms with Gasteiger partial charge in [-0.05, 0) is 18.2 Å². The van der Waals surface area contributed by atoms with Gasteiger partial charge in [0, 0.05) is 23.9 Å². The molecule has 0 radical (unpaired) electrons. The van der Waals surface area contributed by atoms with E-state index in [0.717, 1.165) is 0 Å². The molecular weight excluding hydrogens is 303 g/mol. The van der Waals surface area contributed by atoms with E-state index in [4.69, 9.17) is 9.47 Å². The Morgan fingerprint density at radius 2 is 2.00 bits per heavy atom. The monoisotopic (exact) mass is 318 g/mol. The van der Waals surface area contributed by atoms with Crippen LogP contribution in [0.4, 0.5) is 14.9 Å².